The fourth-order valence-corrected chi connectivity index (χ4v) is 4.55. The molecule has 0 fully saturated rings. The number of nitrogens with two attached hydrogens (primary N) is 3. The van der Waals surface area contributed by atoms with E-state index in [4.69, 9.17) is 22.3 Å². The van der Waals surface area contributed by atoms with E-state index < -0.39 is 84.7 Å². The number of benzene rings is 1. The van der Waals surface area contributed by atoms with Crippen LogP contribution in [0.25, 0.3) is 0 Å². The molecule has 19 nitrogen and oxygen atoms in total. The lowest BCUT2D eigenvalue weighted by Crippen LogP contribution is -2.61. The molecule has 19 heteroatoms. The number of H-pyrrole nitrogens is 1. The molecule has 268 valence electrons. The predicted octanol–water partition coefficient (Wildman–Crippen LogP) is -3.15. The van der Waals surface area contributed by atoms with Gasteiger partial charge in [0.1, 0.15) is 24.2 Å². The number of rotatable bonds is 21. The van der Waals surface area contributed by atoms with Gasteiger partial charge in [-0.05, 0) is 31.7 Å². The van der Waals surface area contributed by atoms with Gasteiger partial charge >= 0.3 is 11.9 Å². The summed E-state index contributed by atoms with van der Waals surface area (Å²) in [5, 5.41) is 38.7. The van der Waals surface area contributed by atoms with E-state index >= 15 is 0 Å². The summed E-state index contributed by atoms with van der Waals surface area (Å²) in [5.74, 6) is -6.42. The van der Waals surface area contributed by atoms with E-state index in [1.54, 1.807) is 30.3 Å². The van der Waals surface area contributed by atoms with Crippen LogP contribution in [-0.2, 0) is 41.6 Å². The molecule has 0 spiro atoms. The van der Waals surface area contributed by atoms with Crippen LogP contribution >= 0.6 is 0 Å². The van der Waals surface area contributed by atoms with E-state index in [1.165, 1.54) is 19.4 Å². The van der Waals surface area contributed by atoms with Crippen molar-refractivity contribution in [2.75, 3.05) is 6.54 Å². The number of guanidine groups is 1. The minimum absolute atomic E-state index is 0.00520. The van der Waals surface area contributed by atoms with Gasteiger partial charge in [0.15, 0.2) is 5.96 Å². The molecule has 4 amide bonds. The Bertz CT molecular complexity index is 1430. The average molecular weight is 689 g/mol. The number of hydrogen-bond acceptors (Lipinski definition) is 10. The largest absolute Gasteiger partial charge is 0.481 e. The second-order valence-electron chi connectivity index (χ2n) is 11.2. The fourth-order valence-electron chi connectivity index (χ4n) is 4.55. The molecule has 49 heavy (non-hydrogen) atoms. The molecule has 14 N–H and O–H groups in total. The monoisotopic (exact) mass is 688 g/mol. The summed E-state index contributed by atoms with van der Waals surface area (Å²) in [7, 11) is 0. The molecule has 0 radical (unpaired) electrons. The number of nitrogens with one attached hydrogen (secondary N) is 5. The van der Waals surface area contributed by atoms with Crippen molar-refractivity contribution < 1.29 is 44.1 Å². The summed E-state index contributed by atoms with van der Waals surface area (Å²) in [6.45, 7) is 1.33. The fraction of sp³-hybridized carbons (Fsp3) is 0.467. The van der Waals surface area contributed by atoms with Gasteiger partial charge < -0.3 is 58.8 Å². The van der Waals surface area contributed by atoms with Crippen molar-refractivity contribution in [2.45, 2.75) is 81.8 Å². The molecule has 0 saturated heterocycles. The highest BCUT2D eigenvalue weighted by Gasteiger charge is 2.34. The topological polar surface area (TPSA) is 330 Å². The molecule has 0 aliphatic heterocycles. The molecule has 0 aliphatic carbocycles. The Morgan fingerprint density at radius 3 is 2.06 bits per heavy atom. The minimum atomic E-state index is -1.64. The lowest BCUT2D eigenvalue weighted by molar-refractivity contribution is -0.143. The molecular formula is C30H44N10O9. The van der Waals surface area contributed by atoms with Crippen LogP contribution in [0.4, 0.5) is 0 Å². The quantitative estimate of drug-likeness (QED) is 0.0351. The zero-order valence-corrected chi connectivity index (χ0v) is 26.9. The smallest absolute Gasteiger partial charge is 0.326 e. The second kappa shape index (κ2) is 20.0. The number of aromatic amines is 1. The number of amides is 4. The molecule has 2 rings (SSSR count). The van der Waals surface area contributed by atoms with Crippen molar-refractivity contribution in [2.24, 2.45) is 22.2 Å². The number of nitrogens with zero attached hydrogens (tertiary/aromatic N) is 2. The Labute approximate surface area is 281 Å². The molecule has 0 aliphatic rings. The summed E-state index contributed by atoms with van der Waals surface area (Å²) in [4.78, 5) is 86.4. The molecule has 0 bridgehead atoms. The third-order valence-corrected chi connectivity index (χ3v) is 7.15. The van der Waals surface area contributed by atoms with Crippen molar-refractivity contribution in [3.05, 3.63) is 54.1 Å². The first-order chi connectivity index (χ1) is 23.2. The molecule has 0 unspecified atom stereocenters. The Morgan fingerprint density at radius 2 is 1.49 bits per heavy atom. The Morgan fingerprint density at radius 1 is 0.857 bits per heavy atom. The van der Waals surface area contributed by atoms with E-state index in [2.05, 4.69) is 36.2 Å². The molecule has 0 saturated carbocycles. The lowest BCUT2D eigenvalue weighted by atomic mass is 10.0. The number of carboxylic acid groups (broad SMARTS) is 2. The predicted molar refractivity (Wildman–Crippen MR) is 174 cm³/mol. The highest BCUT2D eigenvalue weighted by atomic mass is 16.4. The Kier molecular flexibility index (Phi) is 16.1. The SMILES string of the molecule is C[C@@H](O)[C@H](NC(=O)[C@H](CCCN=C(N)N)NC(=O)[C@@H](N)Cc1cnc[nH]1)C(=O)N[C@@H](Cc1ccccc1)C(=O)N[C@@H](CCC(=O)O)C(=O)O. The average Bonchev–Trinajstić information content (AvgIpc) is 3.55. The zero-order valence-electron chi connectivity index (χ0n) is 26.9. The van der Waals surface area contributed by atoms with E-state index in [1.807, 2.05) is 0 Å². The van der Waals surface area contributed by atoms with Gasteiger partial charge in [-0.3, -0.25) is 29.0 Å². The van der Waals surface area contributed by atoms with Gasteiger partial charge in [0.25, 0.3) is 0 Å². The number of imidazole rings is 1. The van der Waals surface area contributed by atoms with Crippen molar-refractivity contribution in [1.29, 1.82) is 0 Å². The summed E-state index contributed by atoms with van der Waals surface area (Å²) >= 11 is 0. The van der Waals surface area contributed by atoms with Crippen LogP contribution in [0.5, 0.6) is 0 Å². The maximum absolute atomic E-state index is 13.5. The molecule has 1 aromatic carbocycles. The summed E-state index contributed by atoms with van der Waals surface area (Å²) in [6, 6.07) is 1.45. The highest BCUT2D eigenvalue weighted by molar-refractivity contribution is 5.96. The van der Waals surface area contributed by atoms with Crippen LogP contribution in [0.2, 0.25) is 0 Å². The maximum atomic E-state index is 13.5. The zero-order chi connectivity index (χ0) is 36.5. The van der Waals surface area contributed by atoms with Crippen LogP contribution in [0.1, 0.15) is 43.9 Å². The first-order valence-corrected chi connectivity index (χ1v) is 15.3. The number of aliphatic hydroxyl groups is 1. The van der Waals surface area contributed by atoms with Crippen LogP contribution < -0.4 is 38.5 Å². The first kappa shape index (κ1) is 39.6. The Balaban J connectivity index is 2.25. The van der Waals surface area contributed by atoms with E-state index in [0.29, 0.717) is 11.3 Å². The lowest BCUT2D eigenvalue weighted by Gasteiger charge is -2.27. The summed E-state index contributed by atoms with van der Waals surface area (Å²) in [5.41, 5.74) is 17.9. The molecule has 2 aromatic rings. The van der Waals surface area contributed by atoms with Crippen LogP contribution in [-0.4, -0.2) is 110 Å². The molecule has 1 aromatic heterocycles. The summed E-state index contributed by atoms with van der Waals surface area (Å²) in [6.07, 6.45) is 0.623. The van der Waals surface area contributed by atoms with Gasteiger partial charge in [-0.1, -0.05) is 30.3 Å². The van der Waals surface area contributed by atoms with E-state index in [-0.39, 0.29) is 38.2 Å². The van der Waals surface area contributed by atoms with Gasteiger partial charge in [-0.25, -0.2) is 9.78 Å². The number of aliphatic imine (C=N–C) groups is 1. The van der Waals surface area contributed by atoms with Crippen LogP contribution in [0.15, 0.2) is 47.8 Å². The van der Waals surface area contributed by atoms with Crippen LogP contribution in [0.3, 0.4) is 0 Å². The summed E-state index contributed by atoms with van der Waals surface area (Å²) < 4.78 is 0. The number of aromatic nitrogens is 2. The van der Waals surface area contributed by atoms with E-state index in [0.717, 1.165) is 0 Å². The highest BCUT2D eigenvalue weighted by Crippen LogP contribution is 2.08. The standard InChI is InChI=1S/C30H44N10O9/c1-16(41)24(40-26(45)20(8-5-11-35-30(32)33)37-25(44)19(31)13-18-14-34-15-36-18)28(47)39-22(12-17-6-3-2-4-7-17)27(46)38-21(29(48)49)9-10-23(42)43/h2-4,6-7,14-16,19-22,24,41H,5,8-13,31H2,1H3,(H,34,36)(H,37,44)(H,38,46)(H,39,47)(H,40,45)(H,42,43)(H,48,49)(H4,32,33,35)/t16-,19+,20+,21+,22+,24+/m1/s1. The molecule has 1 heterocycles. The number of carbonyl (C=O) groups is 6. The van der Waals surface area contributed by atoms with Crippen molar-refractivity contribution in [1.82, 2.24) is 31.2 Å². The third kappa shape index (κ3) is 14.4. The maximum Gasteiger partial charge on any atom is 0.326 e. The van der Waals surface area contributed by atoms with Crippen molar-refractivity contribution in [3.63, 3.8) is 0 Å². The second-order valence-corrected chi connectivity index (χ2v) is 11.2. The number of carboxylic acids is 2. The van der Waals surface area contributed by atoms with Crippen molar-refractivity contribution in [3.8, 4) is 0 Å². The van der Waals surface area contributed by atoms with E-state index in [9.17, 15) is 39.0 Å². The van der Waals surface area contributed by atoms with Gasteiger partial charge in [0.05, 0.1) is 18.5 Å². The molecular weight excluding hydrogens is 644 g/mol. The third-order valence-electron chi connectivity index (χ3n) is 7.15. The molecule has 6 atom stereocenters. The normalized spacial score (nSPS) is 14.5. The number of aliphatic hydroxyl groups excluding tert-OH is 1. The van der Waals surface area contributed by atoms with Crippen LogP contribution in [0, 0.1) is 0 Å². The Hall–Kier alpha value is -5.56. The van der Waals surface area contributed by atoms with Crippen molar-refractivity contribution >= 4 is 41.5 Å². The van der Waals surface area contributed by atoms with Gasteiger partial charge in [0.2, 0.25) is 23.6 Å². The minimum Gasteiger partial charge on any atom is -0.481 e. The van der Waals surface area contributed by atoms with Gasteiger partial charge in [0, 0.05) is 37.7 Å². The van der Waals surface area contributed by atoms with Gasteiger partial charge in [-0.15, -0.1) is 0 Å². The number of carbonyl (C=O) groups excluding carboxylic acids is 4. The number of hydrogen-bond donors (Lipinski definition) is 11. The first-order valence-electron chi connectivity index (χ1n) is 15.3. The van der Waals surface area contributed by atoms with Gasteiger partial charge in [-0.2, -0.15) is 0 Å². The number of aliphatic carboxylic acids is 2.